The van der Waals surface area contributed by atoms with Crippen molar-refractivity contribution < 1.29 is 9.90 Å². The molecule has 1 saturated carbocycles. The monoisotopic (exact) mass is 228 g/mol. The van der Waals surface area contributed by atoms with Crippen molar-refractivity contribution in [3.63, 3.8) is 0 Å². The van der Waals surface area contributed by atoms with Gasteiger partial charge in [-0.25, -0.2) is 0 Å². The minimum atomic E-state index is -0.756. The Bertz CT molecular complexity index is 229. The summed E-state index contributed by atoms with van der Waals surface area (Å²) in [5.74, 6) is -0.746. The minimum Gasteiger partial charge on any atom is -0.480 e. The van der Waals surface area contributed by atoms with E-state index in [1.165, 1.54) is 12.8 Å². The molecule has 0 spiro atoms. The van der Waals surface area contributed by atoms with Crippen molar-refractivity contribution >= 4 is 5.97 Å². The number of aliphatic carboxylic acids is 1. The molecule has 1 unspecified atom stereocenters. The van der Waals surface area contributed by atoms with Crippen LogP contribution in [0.2, 0.25) is 0 Å². The third-order valence-electron chi connectivity index (χ3n) is 3.10. The maximum absolute atomic E-state index is 11.1. The van der Waals surface area contributed by atoms with Crippen LogP contribution < -0.4 is 10.6 Å². The first-order valence-corrected chi connectivity index (χ1v) is 6.30. The van der Waals surface area contributed by atoms with Gasteiger partial charge in [0, 0.05) is 6.04 Å². The zero-order valence-electron chi connectivity index (χ0n) is 10.4. The number of hydrogen-bond acceptors (Lipinski definition) is 3. The van der Waals surface area contributed by atoms with Gasteiger partial charge in [0.05, 0.1) is 0 Å². The maximum Gasteiger partial charge on any atom is 0.323 e. The second kappa shape index (κ2) is 6.21. The van der Waals surface area contributed by atoms with Crippen molar-refractivity contribution in [2.45, 2.75) is 57.5 Å². The fraction of sp³-hybridized carbons (Fsp3) is 0.917. The summed E-state index contributed by atoms with van der Waals surface area (Å²) < 4.78 is 0. The van der Waals surface area contributed by atoms with Gasteiger partial charge in [-0.05, 0) is 45.7 Å². The summed E-state index contributed by atoms with van der Waals surface area (Å²) in [7, 11) is 0. The summed E-state index contributed by atoms with van der Waals surface area (Å²) >= 11 is 0. The summed E-state index contributed by atoms with van der Waals surface area (Å²) in [4.78, 5) is 11.1. The van der Waals surface area contributed by atoms with Gasteiger partial charge in [0.25, 0.3) is 0 Å². The van der Waals surface area contributed by atoms with E-state index in [-0.39, 0.29) is 0 Å². The van der Waals surface area contributed by atoms with Crippen LogP contribution in [-0.2, 0) is 4.79 Å². The largest absolute Gasteiger partial charge is 0.480 e. The molecule has 1 fully saturated rings. The van der Waals surface area contributed by atoms with Gasteiger partial charge in [-0.1, -0.05) is 13.3 Å². The Labute approximate surface area is 97.8 Å². The number of carboxylic acid groups (broad SMARTS) is 1. The molecule has 0 radical (unpaired) electrons. The normalized spacial score (nSPS) is 19.4. The average molecular weight is 228 g/mol. The van der Waals surface area contributed by atoms with Crippen molar-refractivity contribution in [3.05, 3.63) is 0 Å². The predicted molar refractivity (Wildman–Crippen MR) is 64.6 cm³/mol. The van der Waals surface area contributed by atoms with Crippen molar-refractivity contribution in [3.8, 4) is 0 Å². The first-order chi connectivity index (χ1) is 7.58. The highest BCUT2D eigenvalue weighted by Gasteiger charge is 2.30. The van der Waals surface area contributed by atoms with E-state index < -0.39 is 11.5 Å². The van der Waals surface area contributed by atoms with Crippen LogP contribution in [0.5, 0.6) is 0 Å². The van der Waals surface area contributed by atoms with Crippen molar-refractivity contribution in [1.82, 2.24) is 10.6 Å². The van der Waals surface area contributed by atoms with E-state index in [1.807, 2.05) is 6.92 Å². The third kappa shape index (κ3) is 4.49. The maximum atomic E-state index is 11.1. The summed E-state index contributed by atoms with van der Waals surface area (Å²) in [6.07, 6.45) is 5.16. The standard InChI is InChI=1S/C12H24N2O2/c1-3-7-12(2,11(15)16)14-9-4-8-13-10-5-6-10/h10,13-14H,3-9H2,1-2H3,(H,15,16). The van der Waals surface area contributed by atoms with Gasteiger partial charge in [0.2, 0.25) is 0 Å². The van der Waals surface area contributed by atoms with E-state index in [0.717, 1.165) is 32.0 Å². The lowest BCUT2D eigenvalue weighted by Gasteiger charge is -2.25. The average Bonchev–Trinajstić information content (AvgIpc) is 3.01. The highest BCUT2D eigenvalue weighted by atomic mass is 16.4. The second-order valence-electron chi connectivity index (χ2n) is 4.90. The third-order valence-corrected chi connectivity index (χ3v) is 3.10. The molecule has 3 N–H and O–H groups in total. The molecule has 1 aliphatic carbocycles. The highest BCUT2D eigenvalue weighted by Crippen LogP contribution is 2.18. The molecule has 16 heavy (non-hydrogen) atoms. The van der Waals surface area contributed by atoms with Crippen molar-refractivity contribution in [2.75, 3.05) is 13.1 Å². The predicted octanol–water partition coefficient (Wildman–Crippen LogP) is 1.36. The number of nitrogens with one attached hydrogen (secondary N) is 2. The quantitative estimate of drug-likeness (QED) is 0.521. The molecule has 1 atom stereocenters. The first kappa shape index (κ1) is 13.5. The van der Waals surface area contributed by atoms with Crippen LogP contribution in [-0.4, -0.2) is 35.7 Å². The van der Waals surface area contributed by atoms with E-state index in [4.69, 9.17) is 5.11 Å². The number of carbonyl (C=O) groups is 1. The summed E-state index contributed by atoms with van der Waals surface area (Å²) in [6, 6.07) is 0.737. The van der Waals surface area contributed by atoms with Crippen LogP contribution in [0.1, 0.15) is 46.0 Å². The summed E-state index contributed by atoms with van der Waals surface area (Å²) in [5, 5.41) is 15.7. The van der Waals surface area contributed by atoms with E-state index in [0.29, 0.717) is 6.42 Å². The topological polar surface area (TPSA) is 61.4 Å². The number of carboxylic acids is 1. The van der Waals surface area contributed by atoms with Gasteiger partial charge in [-0.15, -0.1) is 0 Å². The molecule has 0 aliphatic heterocycles. The lowest BCUT2D eigenvalue weighted by atomic mass is 9.96. The molecule has 1 rings (SSSR count). The Balaban J connectivity index is 2.12. The van der Waals surface area contributed by atoms with Gasteiger partial charge in [-0.2, -0.15) is 0 Å². The van der Waals surface area contributed by atoms with Crippen LogP contribution in [0.15, 0.2) is 0 Å². The Morgan fingerprint density at radius 1 is 1.44 bits per heavy atom. The Kier molecular flexibility index (Phi) is 5.22. The van der Waals surface area contributed by atoms with Crippen LogP contribution in [0, 0.1) is 0 Å². The van der Waals surface area contributed by atoms with Crippen molar-refractivity contribution in [1.29, 1.82) is 0 Å². The molecule has 0 aromatic carbocycles. The Morgan fingerprint density at radius 2 is 2.12 bits per heavy atom. The molecule has 4 nitrogen and oxygen atoms in total. The molecule has 0 aromatic rings. The number of rotatable bonds is 9. The smallest absolute Gasteiger partial charge is 0.323 e. The zero-order chi connectivity index (χ0) is 12.0. The molecule has 0 aromatic heterocycles. The summed E-state index contributed by atoms with van der Waals surface area (Å²) in [5.41, 5.74) is -0.756. The Hall–Kier alpha value is -0.610. The van der Waals surface area contributed by atoms with E-state index in [2.05, 4.69) is 10.6 Å². The molecule has 1 aliphatic rings. The van der Waals surface area contributed by atoms with Crippen LogP contribution in [0.3, 0.4) is 0 Å². The SMILES string of the molecule is CCCC(C)(NCCCNC1CC1)C(=O)O. The fourth-order valence-corrected chi connectivity index (χ4v) is 1.82. The number of hydrogen-bond donors (Lipinski definition) is 3. The van der Waals surface area contributed by atoms with Crippen LogP contribution in [0.4, 0.5) is 0 Å². The van der Waals surface area contributed by atoms with Crippen molar-refractivity contribution in [2.24, 2.45) is 0 Å². The molecule has 0 heterocycles. The molecule has 0 amide bonds. The molecule has 4 heteroatoms. The van der Waals surface area contributed by atoms with Gasteiger partial charge in [0.15, 0.2) is 0 Å². The highest BCUT2D eigenvalue weighted by molar-refractivity contribution is 5.78. The van der Waals surface area contributed by atoms with Gasteiger partial charge < -0.3 is 15.7 Å². The van der Waals surface area contributed by atoms with Crippen LogP contribution >= 0.6 is 0 Å². The molecule has 94 valence electrons. The zero-order valence-corrected chi connectivity index (χ0v) is 10.4. The van der Waals surface area contributed by atoms with E-state index >= 15 is 0 Å². The minimum absolute atomic E-state index is 0.679. The molecular weight excluding hydrogens is 204 g/mol. The first-order valence-electron chi connectivity index (χ1n) is 6.30. The van der Waals surface area contributed by atoms with E-state index in [9.17, 15) is 4.79 Å². The summed E-state index contributed by atoms with van der Waals surface area (Å²) in [6.45, 7) is 5.53. The fourth-order valence-electron chi connectivity index (χ4n) is 1.82. The van der Waals surface area contributed by atoms with Gasteiger partial charge >= 0.3 is 5.97 Å². The van der Waals surface area contributed by atoms with E-state index in [1.54, 1.807) is 6.92 Å². The van der Waals surface area contributed by atoms with Gasteiger partial charge in [-0.3, -0.25) is 4.79 Å². The Morgan fingerprint density at radius 3 is 2.62 bits per heavy atom. The van der Waals surface area contributed by atoms with Gasteiger partial charge in [0.1, 0.15) is 5.54 Å². The lowest BCUT2D eigenvalue weighted by molar-refractivity contribution is -0.144. The van der Waals surface area contributed by atoms with Crippen LogP contribution in [0.25, 0.3) is 0 Å². The molecular formula is C12H24N2O2. The lowest BCUT2D eigenvalue weighted by Crippen LogP contribution is -2.50. The second-order valence-corrected chi connectivity index (χ2v) is 4.90. The molecule has 0 bridgehead atoms. The molecule has 0 saturated heterocycles.